The number of carbonyl (C=O) groups excluding carboxylic acids is 1. The maximum atomic E-state index is 13.6. The van der Waals surface area contributed by atoms with Crippen molar-refractivity contribution in [3.63, 3.8) is 0 Å². The third kappa shape index (κ3) is 5.21. The van der Waals surface area contributed by atoms with E-state index in [1.54, 1.807) is 31.4 Å². The van der Waals surface area contributed by atoms with Gasteiger partial charge in [0.1, 0.15) is 23.4 Å². The van der Waals surface area contributed by atoms with Crippen molar-refractivity contribution in [2.45, 2.75) is 12.1 Å². The lowest BCUT2D eigenvalue weighted by Crippen LogP contribution is -2.51. The number of rotatable bonds is 7. The summed E-state index contributed by atoms with van der Waals surface area (Å²) in [5, 5.41) is 0. The Morgan fingerprint density at radius 2 is 1.18 bits per heavy atom. The molecular formula is C26H27F2N3O2. The van der Waals surface area contributed by atoms with Crippen molar-refractivity contribution in [2.75, 3.05) is 33.3 Å². The first kappa shape index (κ1) is 22.9. The Labute approximate surface area is 192 Å². The summed E-state index contributed by atoms with van der Waals surface area (Å²) < 4.78 is 32.3. The van der Waals surface area contributed by atoms with Crippen molar-refractivity contribution in [2.24, 2.45) is 5.73 Å². The van der Waals surface area contributed by atoms with Crippen LogP contribution in [0.1, 0.15) is 28.8 Å². The molecule has 1 aliphatic heterocycles. The Balaban J connectivity index is 1.55. The van der Waals surface area contributed by atoms with Crippen molar-refractivity contribution in [1.82, 2.24) is 9.80 Å². The number of halogens is 2. The largest absolute Gasteiger partial charge is 0.497 e. The van der Waals surface area contributed by atoms with Gasteiger partial charge in [0.2, 0.25) is 5.91 Å². The van der Waals surface area contributed by atoms with Gasteiger partial charge < -0.3 is 10.5 Å². The van der Waals surface area contributed by atoms with E-state index in [0.717, 1.165) is 16.7 Å². The molecule has 2 N–H and O–H groups in total. The van der Waals surface area contributed by atoms with Crippen LogP contribution in [0.2, 0.25) is 0 Å². The van der Waals surface area contributed by atoms with Crippen LogP contribution in [0.25, 0.3) is 0 Å². The molecule has 0 aromatic heterocycles. The number of nitrogens with zero attached hydrogens (tertiary/aromatic N) is 2. The van der Waals surface area contributed by atoms with Gasteiger partial charge in [0, 0.05) is 26.2 Å². The first-order chi connectivity index (χ1) is 16.0. The van der Waals surface area contributed by atoms with E-state index in [9.17, 15) is 13.6 Å². The monoisotopic (exact) mass is 451 g/mol. The fourth-order valence-electron chi connectivity index (χ4n) is 4.50. The normalized spacial score (nSPS) is 16.0. The second-order valence-electron chi connectivity index (χ2n) is 8.16. The molecular weight excluding hydrogens is 424 g/mol. The zero-order valence-electron chi connectivity index (χ0n) is 18.5. The fourth-order valence-corrected chi connectivity index (χ4v) is 4.50. The first-order valence-corrected chi connectivity index (χ1v) is 10.9. The summed E-state index contributed by atoms with van der Waals surface area (Å²) in [5.41, 5.74) is 8.46. The molecule has 3 aromatic rings. The van der Waals surface area contributed by atoms with Gasteiger partial charge in [-0.2, -0.15) is 0 Å². The lowest BCUT2D eigenvalue weighted by Gasteiger charge is -2.42. The molecule has 1 unspecified atom stereocenters. The van der Waals surface area contributed by atoms with Gasteiger partial charge in [-0.05, 0) is 53.1 Å². The summed E-state index contributed by atoms with van der Waals surface area (Å²) in [5.74, 6) is -0.286. The predicted molar refractivity (Wildman–Crippen MR) is 123 cm³/mol. The van der Waals surface area contributed by atoms with Gasteiger partial charge in [0.25, 0.3) is 0 Å². The molecule has 1 atom stereocenters. The van der Waals surface area contributed by atoms with Crippen molar-refractivity contribution in [3.05, 3.63) is 101 Å². The Morgan fingerprint density at radius 1 is 0.758 bits per heavy atom. The molecule has 1 fully saturated rings. The second kappa shape index (κ2) is 10.1. The number of amides is 1. The molecule has 0 aliphatic carbocycles. The van der Waals surface area contributed by atoms with E-state index in [2.05, 4.69) is 9.80 Å². The average molecular weight is 452 g/mol. The van der Waals surface area contributed by atoms with E-state index in [4.69, 9.17) is 10.5 Å². The zero-order chi connectivity index (χ0) is 23.4. The van der Waals surface area contributed by atoms with Crippen LogP contribution in [0.3, 0.4) is 0 Å². The number of benzene rings is 3. The number of piperazine rings is 1. The number of methoxy groups -OCH3 is 1. The predicted octanol–water partition coefficient (Wildman–Crippen LogP) is 3.91. The summed E-state index contributed by atoms with van der Waals surface area (Å²) in [6.07, 6.45) is 0. The minimum atomic E-state index is -0.534. The van der Waals surface area contributed by atoms with Gasteiger partial charge in [-0.1, -0.05) is 36.4 Å². The number of ether oxygens (including phenoxy) is 1. The molecule has 1 amide bonds. The maximum Gasteiger partial charge on any atom is 0.239 e. The summed E-state index contributed by atoms with van der Waals surface area (Å²) in [4.78, 5) is 16.7. The third-order valence-electron chi connectivity index (χ3n) is 6.15. The highest BCUT2D eigenvalue weighted by Gasteiger charge is 2.32. The van der Waals surface area contributed by atoms with Crippen molar-refractivity contribution in [1.29, 1.82) is 0 Å². The Bertz CT molecular complexity index is 1020. The van der Waals surface area contributed by atoms with Crippen LogP contribution in [-0.2, 0) is 4.79 Å². The maximum absolute atomic E-state index is 13.6. The SMILES string of the molecule is COc1ccc(C(C(N)=O)N2CCN(C(c3ccc(F)cc3)c3ccc(F)cc3)CC2)cc1. The van der Waals surface area contributed by atoms with Gasteiger partial charge >= 0.3 is 0 Å². The molecule has 0 saturated carbocycles. The summed E-state index contributed by atoms with van der Waals surface area (Å²) in [6.45, 7) is 2.58. The summed E-state index contributed by atoms with van der Waals surface area (Å²) in [7, 11) is 1.60. The van der Waals surface area contributed by atoms with Crippen LogP contribution in [0.15, 0.2) is 72.8 Å². The Hall–Kier alpha value is -3.29. The number of hydrogen-bond acceptors (Lipinski definition) is 4. The van der Waals surface area contributed by atoms with E-state index in [0.29, 0.717) is 31.9 Å². The number of nitrogens with two attached hydrogens (primary N) is 1. The molecule has 1 aliphatic rings. The number of carbonyl (C=O) groups is 1. The molecule has 1 heterocycles. The summed E-state index contributed by atoms with van der Waals surface area (Å²) in [6, 6.07) is 19.5. The third-order valence-corrected chi connectivity index (χ3v) is 6.15. The highest BCUT2D eigenvalue weighted by Crippen LogP contribution is 2.32. The highest BCUT2D eigenvalue weighted by atomic mass is 19.1. The second-order valence-corrected chi connectivity index (χ2v) is 8.16. The van der Waals surface area contributed by atoms with Gasteiger partial charge in [0.05, 0.1) is 13.2 Å². The molecule has 0 radical (unpaired) electrons. The lowest BCUT2D eigenvalue weighted by atomic mass is 9.95. The van der Waals surface area contributed by atoms with Crippen molar-refractivity contribution in [3.8, 4) is 5.75 Å². The molecule has 0 spiro atoms. The van der Waals surface area contributed by atoms with E-state index in [1.807, 2.05) is 24.3 Å². The number of primary amides is 1. The van der Waals surface area contributed by atoms with Crippen LogP contribution in [0.4, 0.5) is 8.78 Å². The molecule has 0 bridgehead atoms. The van der Waals surface area contributed by atoms with Crippen LogP contribution in [0.5, 0.6) is 5.75 Å². The zero-order valence-corrected chi connectivity index (χ0v) is 18.5. The molecule has 7 heteroatoms. The molecule has 33 heavy (non-hydrogen) atoms. The van der Waals surface area contributed by atoms with Crippen LogP contribution in [-0.4, -0.2) is 49.0 Å². The Kier molecular flexibility index (Phi) is 7.01. The molecule has 1 saturated heterocycles. The van der Waals surface area contributed by atoms with E-state index >= 15 is 0 Å². The van der Waals surface area contributed by atoms with Crippen molar-refractivity contribution < 1.29 is 18.3 Å². The summed E-state index contributed by atoms with van der Waals surface area (Å²) >= 11 is 0. The minimum Gasteiger partial charge on any atom is -0.497 e. The van der Waals surface area contributed by atoms with Gasteiger partial charge in [-0.25, -0.2) is 8.78 Å². The first-order valence-electron chi connectivity index (χ1n) is 10.9. The molecule has 3 aromatic carbocycles. The van der Waals surface area contributed by atoms with Crippen LogP contribution in [0, 0.1) is 11.6 Å². The van der Waals surface area contributed by atoms with E-state index in [-0.39, 0.29) is 17.7 Å². The minimum absolute atomic E-state index is 0.152. The molecule has 172 valence electrons. The van der Waals surface area contributed by atoms with Gasteiger partial charge in [-0.3, -0.25) is 14.6 Å². The van der Waals surface area contributed by atoms with Gasteiger partial charge in [0.15, 0.2) is 0 Å². The van der Waals surface area contributed by atoms with Gasteiger partial charge in [-0.15, -0.1) is 0 Å². The topological polar surface area (TPSA) is 58.8 Å². The molecule has 4 rings (SSSR count). The van der Waals surface area contributed by atoms with E-state index in [1.165, 1.54) is 24.3 Å². The fraction of sp³-hybridized carbons (Fsp3) is 0.269. The average Bonchev–Trinajstić information content (AvgIpc) is 2.83. The Morgan fingerprint density at radius 3 is 1.61 bits per heavy atom. The highest BCUT2D eigenvalue weighted by molar-refractivity contribution is 5.81. The quantitative estimate of drug-likeness (QED) is 0.592. The lowest BCUT2D eigenvalue weighted by molar-refractivity contribution is -0.124. The van der Waals surface area contributed by atoms with Crippen molar-refractivity contribution >= 4 is 5.91 Å². The number of hydrogen-bond donors (Lipinski definition) is 1. The van der Waals surface area contributed by atoms with Crippen LogP contribution >= 0.6 is 0 Å². The molecule has 5 nitrogen and oxygen atoms in total. The van der Waals surface area contributed by atoms with Crippen LogP contribution < -0.4 is 10.5 Å². The smallest absolute Gasteiger partial charge is 0.239 e. The van der Waals surface area contributed by atoms with E-state index < -0.39 is 11.9 Å². The standard InChI is InChI=1S/C26H27F2N3O2/c1-33-23-12-6-20(7-13-23)25(26(29)32)31-16-14-30(15-17-31)24(18-2-8-21(27)9-3-18)19-4-10-22(28)11-5-19/h2-13,24-25H,14-17H2,1H3,(H2,29,32).